The molecule has 0 atom stereocenters. The van der Waals surface area contributed by atoms with Crippen LogP contribution >= 0.6 is 60.4 Å². The fraction of sp³-hybridized carbons (Fsp3) is 0.560. The summed E-state index contributed by atoms with van der Waals surface area (Å²) in [4.78, 5) is 14.5. The van der Waals surface area contributed by atoms with Gasteiger partial charge in [-0.2, -0.15) is 9.97 Å². The number of fused-ring (bicyclic) bond motifs is 1. The van der Waals surface area contributed by atoms with Crippen LogP contribution in [-0.4, -0.2) is 44.7 Å². The minimum atomic E-state index is 0. The molecular formula is C25H37Cl5N8. The maximum absolute atomic E-state index is 6.11. The number of rotatable bonds is 9. The average Bonchev–Trinajstić information content (AvgIpc) is 3.49. The Morgan fingerprint density at radius 3 is 2.26 bits per heavy atom. The molecule has 0 bridgehead atoms. The summed E-state index contributed by atoms with van der Waals surface area (Å²) in [6, 6.07) is 6.73. The lowest BCUT2D eigenvalue weighted by molar-refractivity contribution is 0.410. The van der Waals surface area contributed by atoms with Gasteiger partial charge in [-0.1, -0.05) is 36.0 Å². The third-order valence-electron chi connectivity index (χ3n) is 7.09. The first-order valence-corrected chi connectivity index (χ1v) is 13.5. The normalized spacial score (nSPS) is 19.3. The van der Waals surface area contributed by atoms with Gasteiger partial charge in [0.15, 0.2) is 17.0 Å². The lowest BCUT2D eigenvalue weighted by Crippen LogP contribution is -2.33. The molecule has 5 N–H and O–H groups in total. The largest absolute Gasteiger partial charge is 0.367 e. The van der Waals surface area contributed by atoms with Crippen molar-refractivity contribution in [2.45, 2.75) is 76.0 Å². The molecule has 2 aliphatic rings. The van der Waals surface area contributed by atoms with E-state index in [9.17, 15) is 0 Å². The van der Waals surface area contributed by atoms with Crippen LogP contribution < -0.4 is 21.7 Å². The molecule has 8 nitrogen and oxygen atoms in total. The van der Waals surface area contributed by atoms with Crippen molar-refractivity contribution in [3.63, 3.8) is 0 Å². The van der Waals surface area contributed by atoms with Crippen LogP contribution in [0.2, 0.25) is 10.0 Å². The molecule has 2 saturated carbocycles. The minimum absolute atomic E-state index is 0. The number of nitrogens with two attached hydrogens (primary N) is 1. The number of anilines is 2. The Morgan fingerprint density at radius 2 is 1.58 bits per heavy atom. The topological polar surface area (TPSA) is 106 Å². The zero-order valence-electron chi connectivity index (χ0n) is 21.2. The highest BCUT2D eigenvalue weighted by Gasteiger charge is 2.23. The first-order chi connectivity index (χ1) is 17.0. The molecule has 2 heterocycles. The zero-order valence-corrected chi connectivity index (χ0v) is 25.1. The Bertz CT molecular complexity index is 1130. The predicted molar refractivity (Wildman–Crippen MR) is 165 cm³/mol. The van der Waals surface area contributed by atoms with Crippen molar-refractivity contribution in [3.8, 4) is 0 Å². The fourth-order valence-electron chi connectivity index (χ4n) is 5.22. The first-order valence-electron chi connectivity index (χ1n) is 12.7. The van der Waals surface area contributed by atoms with Gasteiger partial charge >= 0.3 is 0 Å². The Balaban J connectivity index is 0.00000169. The SMILES string of the molecule is Cl.Cl.Cl.NC1CCC(Nc2nc(NCCNCc3cc(Cl)cc(Cl)c3)c3ncn(C4CCCC4)c3n2)CC1. The van der Waals surface area contributed by atoms with Gasteiger partial charge < -0.3 is 26.3 Å². The molecule has 38 heavy (non-hydrogen) atoms. The maximum atomic E-state index is 6.11. The minimum Gasteiger partial charge on any atom is -0.367 e. The van der Waals surface area contributed by atoms with E-state index in [1.165, 1.54) is 25.7 Å². The number of nitrogens with one attached hydrogen (secondary N) is 3. The number of benzene rings is 1. The van der Waals surface area contributed by atoms with E-state index < -0.39 is 0 Å². The van der Waals surface area contributed by atoms with Gasteiger partial charge in [-0.15, -0.1) is 37.2 Å². The molecule has 0 aliphatic heterocycles. The van der Waals surface area contributed by atoms with Gasteiger partial charge in [-0.05, 0) is 62.3 Å². The molecule has 0 radical (unpaired) electrons. The smallest absolute Gasteiger partial charge is 0.227 e. The van der Waals surface area contributed by atoms with Crippen LogP contribution in [0.25, 0.3) is 11.2 Å². The summed E-state index contributed by atoms with van der Waals surface area (Å²) in [6.45, 7) is 2.14. The number of nitrogens with zero attached hydrogens (tertiary/aromatic N) is 4. The van der Waals surface area contributed by atoms with E-state index in [-0.39, 0.29) is 37.2 Å². The molecule has 0 amide bonds. The highest BCUT2D eigenvalue weighted by molar-refractivity contribution is 6.34. The van der Waals surface area contributed by atoms with Crippen molar-refractivity contribution in [1.82, 2.24) is 24.8 Å². The van der Waals surface area contributed by atoms with E-state index in [0.29, 0.717) is 47.2 Å². The highest BCUT2D eigenvalue weighted by Crippen LogP contribution is 2.33. The molecule has 13 heteroatoms. The van der Waals surface area contributed by atoms with Gasteiger partial charge in [0.1, 0.15) is 0 Å². The van der Waals surface area contributed by atoms with Crippen LogP contribution in [-0.2, 0) is 6.54 Å². The van der Waals surface area contributed by atoms with Crippen LogP contribution in [0.5, 0.6) is 0 Å². The molecule has 1 aromatic carbocycles. The first kappa shape index (κ1) is 32.9. The highest BCUT2D eigenvalue weighted by atomic mass is 35.5. The number of halogens is 5. The average molecular weight is 627 g/mol. The number of hydrogen-bond donors (Lipinski definition) is 4. The fourth-order valence-corrected chi connectivity index (χ4v) is 5.79. The van der Waals surface area contributed by atoms with Gasteiger partial charge in [0.05, 0.1) is 6.33 Å². The Kier molecular flexibility index (Phi) is 13.4. The monoisotopic (exact) mass is 624 g/mol. The van der Waals surface area contributed by atoms with Crippen LogP contribution in [0, 0.1) is 0 Å². The second-order valence-corrected chi connectivity index (χ2v) is 10.7. The van der Waals surface area contributed by atoms with Crippen molar-refractivity contribution in [3.05, 3.63) is 40.1 Å². The van der Waals surface area contributed by atoms with E-state index >= 15 is 0 Å². The predicted octanol–water partition coefficient (Wildman–Crippen LogP) is 6.40. The van der Waals surface area contributed by atoms with Gasteiger partial charge in [-0.3, -0.25) is 0 Å². The van der Waals surface area contributed by atoms with Crippen molar-refractivity contribution in [1.29, 1.82) is 0 Å². The van der Waals surface area contributed by atoms with E-state index in [0.717, 1.165) is 54.8 Å². The van der Waals surface area contributed by atoms with E-state index in [4.69, 9.17) is 43.9 Å². The molecule has 212 valence electrons. The molecular weight excluding hydrogens is 590 g/mol. The van der Waals surface area contributed by atoms with Crippen molar-refractivity contribution >= 4 is 83.4 Å². The van der Waals surface area contributed by atoms with Crippen LogP contribution in [0.1, 0.15) is 63.0 Å². The third kappa shape index (κ3) is 8.37. The number of imidazole rings is 1. The number of aromatic nitrogens is 4. The Hall–Kier alpha value is -1.26. The molecule has 0 unspecified atom stereocenters. The van der Waals surface area contributed by atoms with Crippen LogP contribution in [0.3, 0.4) is 0 Å². The van der Waals surface area contributed by atoms with Crippen LogP contribution in [0.15, 0.2) is 24.5 Å². The summed E-state index contributed by atoms with van der Waals surface area (Å²) in [5.74, 6) is 1.44. The van der Waals surface area contributed by atoms with E-state index in [1.807, 2.05) is 18.5 Å². The standard InChI is InChI=1S/C25H34Cl2N8.3ClH/c26-17-11-16(12-18(27)13-17)14-29-9-10-30-23-22-24(35(15-31-22)21-3-1-2-4-21)34-25(33-23)32-20-7-5-19(28)6-8-20;;;/h11-13,15,19-21,29H,1-10,14,28H2,(H2,30,32,33,34);3*1H. The Morgan fingerprint density at radius 1 is 0.895 bits per heavy atom. The summed E-state index contributed by atoms with van der Waals surface area (Å²) in [5.41, 5.74) is 8.89. The zero-order chi connectivity index (χ0) is 24.2. The quantitative estimate of drug-likeness (QED) is 0.204. The summed E-state index contributed by atoms with van der Waals surface area (Å²) in [5, 5.41) is 11.8. The summed E-state index contributed by atoms with van der Waals surface area (Å²) in [6.07, 6.45) is 11.0. The van der Waals surface area contributed by atoms with Gasteiger partial charge in [0, 0.05) is 47.8 Å². The van der Waals surface area contributed by atoms with Crippen molar-refractivity contribution in [2.75, 3.05) is 23.7 Å². The van der Waals surface area contributed by atoms with Crippen LogP contribution in [0.4, 0.5) is 11.8 Å². The third-order valence-corrected chi connectivity index (χ3v) is 7.53. The summed E-state index contributed by atoms with van der Waals surface area (Å²) >= 11 is 12.2. The Labute approximate surface area is 252 Å². The second kappa shape index (κ2) is 15.5. The van der Waals surface area contributed by atoms with E-state index in [1.54, 1.807) is 6.07 Å². The number of hydrogen-bond acceptors (Lipinski definition) is 7. The molecule has 3 aromatic rings. The molecule has 0 saturated heterocycles. The van der Waals surface area contributed by atoms with Crippen molar-refractivity contribution in [2.24, 2.45) is 5.73 Å². The molecule has 5 rings (SSSR count). The van der Waals surface area contributed by atoms with Gasteiger partial charge in [0.2, 0.25) is 5.95 Å². The molecule has 2 aromatic heterocycles. The lowest BCUT2D eigenvalue weighted by atomic mass is 9.92. The summed E-state index contributed by atoms with van der Waals surface area (Å²) < 4.78 is 2.25. The molecule has 2 aliphatic carbocycles. The van der Waals surface area contributed by atoms with Gasteiger partial charge in [-0.25, -0.2) is 4.98 Å². The molecule has 2 fully saturated rings. The van der Waals surface area contributed by atoms with Crippen molar-refractivity contribution < 1.29 is 0 Å². The summed E-state index contributed by atoms with van der Waals surface area (Å²) in [7, 11) is 0. The van der Waals surface area contributed by atoms with Gasteiger partial charge in [0.25, 0.3) is 0 Å². The lowest BCUT2D eigenvalue weighted by Gasteiger charge is -2.27. The van der Waals surface area contributed by atoms with E-state index in [2.05, 4.69) is 20.5 Å². The molecule has 0 spiro atoms. The second-order valence-electron chi connectivity index (χ2n) is 9.80. The maximum Gasteiger partial charge on any atom is 0.227 e.